The smallest absolute Gasteiger partial charge is 0.306 e. The Morgan fingerprint density at radius 3 is 2.57 bits per heavy atom. The summed E-state index contributed by atoms with van der Waals surface area (Å²) in [5.74, 6) is -0.885. The van der Waals surface area contributed by atoms with Crippen molar-refractivity contribution in [2.24, 2.45) is 5.92 Å². The van der Waals surface area contributed by atoms with Crippen LogP contribution >= 0.6 is 0 Å². The van der Waals surface area contributed by atoms with Gasteiger partial charge in [0.25, 0.3) is 0 Å². The first kappa shape index (κ1) is 11.5. The maximum atomic E-state index is 10.6. The summed E-state index contributed by atoms with van der Waals surface area (Å²) in [7, 11) is 2.12. The Bertz CT molecular complexity index is 188. The summed E-state index contributed by atoms with van der Waals surface area (Å²) in [6.45, 7) is 2.70. The van der Waals surface area contributed by atoms with Gasteiger partial charge in [-0.3, -0.25) is 4.79 Å². The van der Waals surface area contributed by atoms with Gasteiger partial charge in [0.1, 0.15) is 0 Å². The largest absolute Gasteiger partial charge is 0.481 e. The number of rotatable bonds is 5. The molecule has 0 amide bonds. The predicted octanol–water partition coefficient (Wildman–Crippen LogP) is 1.97. The number of carboxylic acid groups (broad SMARTS) is 1. The topological polar surface area (TPSA) is 40.5 Å². The van der Waals surface area contributed by atoms with Gasteiger partial charge in [-0.05, 0) is 32.9 Å². The Balaban J connectivity index is 2.19. The lowest BCUT2D eigenvalue weighted by Gasteiger charge is -2.24. The first-order chi connectivity index (χ1) is 6.61. The zero-order valence-electron chi connectivity index (χ0n) is 9.20. The fraction of sp³-hybridized carbons (Fsp3) is 0.909. The zero-order chi connectivity index (χ0) is 10.6. The summed E-state index contributed by atoms with van der Waals surface area (Å²) < 4.78 is 0. The predicted molar refractivity (Wildman–Crippen MR) is 56.3 cm³/mol. The van der Waals surface area contributed by atoms with Crippen LogP contribution in [0.1, 0.15) is 39.0 Å². The fourth-order valence-corrected chi connectivity index (χ4v) is 2.05. The van der Waals surface area contributed by atoms with Crippen LogP contribution in [0.2, 0.25) is 0 Å². The van der Waals surface area contributed by atoms with Crippen molar-refractivity contribution in [3.8, 4) is 0 Å². The molecule has 3 nitrogen and oxygen atoms in total. The molecule has 1 aliphatic carbocycles. The number of nitrogens with zero attached hydrogens (tertiary/aromatic N) is 1. The van der Waals surface area contributed by atoms with Crippen LogP contribution in [0.15, 0.2) is 0 Å². The van der Waals surface area contributed by atoms with E-state index in [0.717, 1.165) is 13.0 Å². The Kier molecular flexibility index (Phi) is 4.39. The van der Waals surface area contributed by atoms with E-state index in [4.69, 9.17) is 5.11 Å². The monoisotopic (exact) mass is 199 g/mol. The van der Waals surface area contributed by atoms with Gasteiger partial charge in [-0.2, -0.15) is 0 Å². The molecule has 1 atom stereocenters. The Labute approximate surface area is 86.1 Å². The quantitative estimate of drug-likeness (QED) is 0.736. The molecule has 0 aromatic carbocycles. The maximum absolute atomic E-state index is 10.6. The highest BCUT2D eigenvalue weighted by atomic mass is 16.4. The molecular formula is C11H21NO2. The molecule has 3 heteroatoms. The highest BCUT2D eigenvalue weighted by Gasteiger charge is 2.20. The van der Waals surface area contributed by atoms with Gasteiger partial charge in [0.05, 0.1) is 5.92 Å². The lowest BCUT2D eigenvalue weighted by Crippen LogP contribution is -2.31. The molecule has 1 rings (SSSR count). The van der Waals surface area contributed by atoms with Crippen molar-refractivity contribution in [1.82, 2.24) is 4.90 Å². The molecule has 1 fully saturated rings. The summed E-state index contributed by atoms with van der Waals surface area (Å²) in [5, 5.41) is 8.74. The lowest BCUT2D eigenvalue weighted by molar-refractivity contribution is -0.141. The van der Waals surface area contributed by atoms with E-state index in [0.29, 0.717) is 6.04 Å². The van der Waals surface area contributed by atoms with Crippen LogP contribution < -0.4 is 0 Å². The van der Waals surface area contributed by atoms with E-state index in [1.165, 1.54) is 25.7 Å². The molecule has 0 aromatic rings. The molecule has 0 bridgehead atoms. The van der Waals surface area contributed by atoms with Crippen molar-refractivity contribution in [2.75, 3.05) is 13.6 Å². The zero-order valence-corrected chi connectivity index (χ0v) is 9.20. The Hall–Kier alpha value is -0.570. The Morgan fingerprint density at radius 1 is 1.50 bits per heavy atom. The van der Waals surface area contributed by atoms with Gasteiger partial charge in [0, 0.05) is 6.04 Å². The summed E-state index contributed by atoms with van der Waals surface area (Å²) in [4.78, 5) is 12.9. The van der Waals surface area contributed by atoms with Crippen molar-refractivity contribution in [3.63, 3.8) is 0 Å². The van der Waals surface area contributed by atoms with E-state index in [9.17, 15) is 4.79 Å². The number of carboxylic acids is 1. The molecule has 1 N–H and O–H groups in total. The van der Waals surface area contributed by atoms with E-state index in [1.54, 1.807) is 6.92 Å². The summed E-state index contributed by atoms with van der Waals surface area (Å²) in [6.07, 6.45) is 6.02. The fourth-order valence-electron chi connectivity index (χ4n) is 2.05. The van der Waals surface area contributed by atoms with Crippen LogP contribution in [0.3, 0.4) is 0 Å². The van der Waals surface area contributed by atoms with Crippen LogP contribution in [0.4, 0.5) is 0 Å². The number of hydrogen-bond acceptors (Lipinski definition) is 2. The third-order valence-corrected chi connectivity index (χ3v) is 3.28. The SMILES string of the molecule is CC(CCN(C)C1CCCC1)C(=O)O. The van der Waals surface area contributed by atoms with Crippen molar-refractivity contribution in [2.45, 2.75) is 45.1 Å². The Morgan fingerprint density at radius 2 is 2.07 bits per heavy atom. The summed E-state index contributed by atoms with van der Waals surface area (Å²) >= 11 is 0. The standard InChI is InChI=1S/C11H21NO2/c1-9(11(13)14)7-8-12(2)10-5-3-4-6-10/h9-10H,3-8H2,1-2H3,(H,13,14). The molecule has 1 aliphatic rings. The van der Waals surface area contributed by atoms with Crippen LogP contribution in [-0.4, -0.2) is 35.6 Å². The van der Waals surface area contributed by atoms with E-state index >= 15 is 0 Å². The van der Waals surface area contributed by atoms with Crippen LogP contribution in [0, 0.1) is 5.92 Å². The minimum absolute atomic E-state index is 0.209. The van der Waals surface area contributed by atoms with E-state index < -0.39 is 5.97 Å². The van der Waals surface area contributed by atoms with Gasteiger partial charge in [0.2, 0.25) is 0 Å². The number of hydrogen-bond donors (Lipinski definition) is 1. The van der Waals surface area contributed by atoms with Crippen molar-refractivity contribution in [1.29, 1.82) is 0 Å². The van der Waals surface area contributed by atoms with Gasteiger partial charge in [-0.25, -0.2) is 0 Å². The molecule has 0 aromatic heterocycles. The van der Waals surface area contributed by atoms with E-state index in [-0.39, 0.29) is 5.92 Å². The maximum Gasteiger partial charge on any atom is 0.306 e. The highest BCUT2D eigenvalue weighted by Crippen LogP contribution is 2.22. The molecule has 0 aliphatic heterocycles. The first-order valence-electron chi connectivity index (χ1n) is 5.54. The number of aliphatic carboxylic acids is 1. The molecule has 0 saturated heterocycles. The molecule has 1 saturated carbocycles. The van der Waals surface area contributed by atoms with Crippen LogP contribution in [0.25, 0.3) is 0 Å². The number of carbonyl (C=O) groups is 1. The minimum Gasteiger partial charge on any atom is -0.481 e. The molecule has 0 heterocycles. The van der Waals surface area contributed by atoms with Crippen molar-refractivity contribution in [3.05, 3.63) is 0 Å². The molecule has 82 valence electrons. The molecule has 14 heavy (non-hydrogen) atoms. The van der Waals surface area contributed by atoms with Gasteiger partial charge >= 0.3 is 5.97 Å². The van der Waals surface area contributed by atoms with Crippen LogP contribution in [0.5, 0.6) is 0 Å². The van der Waals surface area contributed by atoms with E-state index in [1.807, 2.05) is 0 Å². The van der Waals surface area contributed by atoms with Gasteiger partial charge in [-0.15, -0.1) is 0 Å². The lowest BCUT2D eigenvalue weighted by atomic mass is 10.1. The van der Waals surface area contributed by atoms with Gasteiger partial charge < -0.3 is 10.0 Å². The van der Waals surface area contributed by atoms with Crippen LogP contribution in [-0.2, 0) is 4.79 Å². The average molecular weight is 199 g/mol. The summed E-state index contributed by atoms with van der Waals surface area (Å²) in [6, 6.07) is 0.705. The minimum atomic E-state index is -0.676. The normalized spacial score (nSPS) is 20.2. The average Bonchev–Trinajstić information content (AvgIpc) is 2.66. The second kappa shape index (κ2) is 5.35. The second-order valence-electron chi connectivity index (χ2n) is 4.45. The summed E-state index contributed by atoms with van der Waals surface area (Å²) in [5.41, 5.74) is 0. The molecule has 0 radical (unpaired) electrons. The van der Waals surface area contributed by atoms with Gasteiger partial charge in [-0.1, -0.05) is 19.8 Å². The van der Waals surface area contributed by atoms with Crippen molar-refractivity contribution < 1.29 is 9.90 Å². The molecular weight excluding hydrogens is 178 g/mol. The van der Waals surface area contributed by atoms with Crippen molar-refractivity contribution >= 4 is 5.97 Å². The molecule has 1 unspecified atom stereocenters. The third kappa shape index (κ3) is 3.29. The second-order valence-corrected chi connectivity index (χ2v) is 4.45. The molecule has 0 spiro atoms. The van der Waals surface area contributed by atoms with Gasteiger partial charge in [0.15, 0.2) is 0 Å². The van der Waals surface area contributed by atoms with E-state index in [2.05, 4.69) is 11.9 Å². The first-order valence-corrected chi connectivity index (χ1v) is 5.54. The third-order valence-electron chi connectivity index (χ3n) is 3.28. The highest BCUT2D eigenvalue weighted by molar-refractivity contribution is 5.69.